The summed E-state index contributed by atoms with van der Waals surface area (Å²) in [5.74, 6) is -1.64. The second kappa shape index (κ2) is 10.1. The van der Waals surface area contributed by atoms with Crippen LogP contribution in [0.15, 0.2) is 36.3 Å². The highest BCUT2D eigenvalue weighted by Gasteiger charge is 2.07. The minimum atomic E-state index is -3.12. The van der Waals surface area contributed by atoms with Crippen molar-refractivity contribution in [3.8, 4) is 17.2 Å². The Morgan fingerprint density at radius 2 is 1.96 bits per heavy atom. The highest BCUT2D eigenvalue weighted by atomic mass is 16.5. The maximum atomic E-state index is 10.4. The van der Waals surface area contributed by atoms with Crippen molar-refractivity contribution in [1.29, 1.82) is 0 Å². The van der Waals surface area contributed by atoms with Crippen molar-refractivity contribution in [1.82, 2.24) is 0 Å². The van der Waals surface area contributed by atoms with Crippen LogP contribution in [0.4, 0.5) is 0 Å². The van der Waals surface area contributed by atoms with Gasteiger partial charge in [-0.3, -0.25) is 0 Å². The average Bonchev–Trinajstić information content (AvgIpc) is 2.83. The Hall–Kier alpha value is -2.20. The number of hydrogen-bond donors (Lipinski definition) is 1. The van der Waals surface area contributed by atoms with Gasteiger partial charge in [-0.15, -0.1) is 0 Å². The van der Waals surface area contributed by atoms with Crippen LogP contribution >= 0.6 is 0 Å². The van der Waals surface area contributed by atoms with E-state index >= 15 is 0 Å². The molecular formula is C22H30O4. The van der Waals surface area contributed by atoms with E-state index in [1.165, 1.54) is 0 Å². The second-order valence-corrected chi connectivity index (χ2v) is 5.47. The van der Waals surface area contributed by atoms with Gasteiger partial charge in [0.1, 0.15) is 12.4 Å². The van der Waals surface area contributed by atoms with Crippen LogP contribution in [0.5, 0.6) is 17.2 Å². The summed E-state index contributed by atoms with van der Waals surface area (Å²) in [5.41, 5.74) is -0.0470. The number of aliphatic hydroxyl groups is 1. The maximum Gasteiger partial charge on any atom is 0.160 e. The molecule has 0 fully saturated rings. The van der Waals surface area contributed by atoms with Crippen molar-refractivity contribution < 1.29 is 37.1 Å². The first kappa shape index (κ1) is 8.66. The fraction of sp³-hybridized carbons (Fsp3) is 0.455. The normalized spacial score (nSPS) is 20.7. The quantitative estimate of drug-likeness (QED) is 0.669. The predicted octanol–water partition coefficient (Wildman–Crippen LogP) is 4.47. The highest BCUT2D eigenvalue weighted by molar-refractivity contribution is 5.42. The molecular weight excluding hydrogens is 328 g/mol. The van der Waals surface area contributed by atoms with Gasteiger partial charge in [0, 0.05) is 5.48 Å². The molecule has 0 aliphatic rings. The SMILES string of the molecule is [2H]c1c([2H])c(OCC(O)CCC([2H])([2H])C([2H])([2H])c2c([2H])c([2H])c(OC)c(OC([2H])([2H])[2H])c2[2H])c([2H])c(C)c1C. The summed E-state index contributed by atoms with van der Waals surface area (Å²) in [6.45, 7) is 2.70. The van der Waals surface area contributed by atoms with Gasteiger partial charge in [0.15, 0.2) is 11.5 Å². The first-order valence-electron chi connectivity index (χ1n) is 14.4. The first-order valence-corrected chi connectivity index (χ1v) is 7.94. The smallest absolute Gasteiger partial charge is 0.160 e. The molecule has 0 bridgehead atoms. The van der Waals surface area contributed by atoms with Gasteiger partial charge >= 0.3 is 0 Å². The molecule has 0 aliphatic carbocycles. The van der Waals surface area contributed by atoms with Crippen LogP contribution in [0.3, 0.4) is 0 Å². The lowest BCUT2D eigenvalue weighted by atomic mass is 10.0. The molecule has 0 saturated heterocycles. The van der Waals surface area contributed by atoms with Crippen molar-refractivity contribution >= 4 is 0 Å². The summed E-state index contributed by atoms with van der Waals surface area (Å²) < 4.78 is 119. The van der Waals surface area contributed by atoms with E-state index < -0.39 is 74.1 Å². The van der Waals surface area contributed by atoms with Crippen molar-refractivity contribution in [2.45, 2.75) is 45.5 Å². The van der Waals surface area contributed by atoms with Crippen molar-refractivity contribution in [2.24, 2.45) is 0 Å². The molecule has 0 aliphatic heterocycles. The summed E-state index contributed by atoms with van der Waals surface area (Å²) in [4.78, 5) is 0. The Morgan fingerprint density at radius 3 is 2.73 bits per heavy atom. The van der Waals surface area contributed by atoms with Gasteiger partial charge in [-0.25, -0.2) is 0 Å². The molecule has 4 nitrogen and oxygen atoms in total. The van der Waals surface area contributed by atoms with Crippen LogP contribution in [0.2, 0.25) is 0 Å². The van der Waals surface area contributed by atoms with Gasteiger partial charge < -0.3 is 19.3 Å². The zero-order valence-electron chi connectivity index (χ0n) is 27.9. The van der Waals surface area contributed by atoms with E-state index in [-0.39, 0.29) is 30.3 Å². The van der Waals surface area contributed by atoms with E-state index in [0.717, 1.165) is 7.11 Å². The Labute approximate surface area is 175 Å². The second-order valence-electron chi connectivity index (χ2n) is 5.47. The predicted molar refractivity (Wildman–Crippen MR) is 105 cm³/mol. The molecule has 2 aromatic carbocycles. The topological polar surface area (TPSA) is 47.9 Å². The van der Waals surface area contributed by atoms with E-state index in [1.807, 2.05) is 0 Å². The lowest BCUT2D eigenvalue weighted by Crippen LogP contribution is -2.17. The van der Waals surface area contributed by atoms with Gasteiger partial charge in [-0.05, 0) is 73.9 Å². The average molecular weight is 372 g/mol. The fourth-order valence-electron chi connectivity index (χ4n) is 1.92. The summed E-state index contributed by atoms with van der Waals surface area (Å²) in [6, 6.07) is -3.25. The van der Waals surface area contributed by atoms with E-state index in [2.05, 4.69) is 0 Å². The summed E-state index contributed by atoms with van der Waals surface area (Å²) >= 11 is 0. The highest BCUT2D eigenvalue weighted by Crippen LogP contribution is 2.28. The standard InChI is InChI=1S/C22H30O4/c1-16-9-11-20(13-17(16)2)26-15-19(23)8-6-5-7-18-10-12-21(24-3)22(14-18)25-4/h9-14,19,23H,5-8,15H2,1-4H3/i4D3,5D2,7D2,9D,10D,11D,12D,13D,14D. The molecule has 142 valence electrons. The van der Waals surface area contributed by atoms with Gasteiger partial charge in [0.05, 0.1) is 32.6 Å². The first-order chi connectivity index (χ1) is 17.7. The molecule has 0 radical (unpaired) electrons. The molecule has 4 heteroatoms. The Bertz CT molecular complexity index is 1200. The van der Waals surface area contributed by atoms with Gasteiger partial charge in [-0.2, -0.15) is 0 Å². The van der Waals surface area contributed by atoms with Gasteiger partial charge in [0.2, 0.25) is 0 Å². The van der Waals surface area contributed by atoms with Crippen LogP contribution < -0.4 is 14.2 Å². The van der Waals surface area contributed by atoms with Crippen molar-refractivity contribution in [3.05, 3.63) is 52.9 Å². The molecule has 1 atom stereocenters. The van der Waals surface area contributed by atoms with Gasteiger partial charge in [-0.1, -0.05) is 18.5 Å². The summed E-state index contributed by atoms with van der Waals surface area (Å²) in [6.07, 6.45) is -8.37. The molecule has 0 amide bonds. The molecule has 26 heavy (non-hydrogen) atoms. The van der Waals surface area contributed by atoms with Gasteiger partial charge in [0.25, 0.3) is 0 Å². The number of aliphatic hydroxyl groups excluding tert-OH is 1. The third-order valence-electron chi connectivity index (χ3n) is 3.52. The largest absolute Gasteiger partial charge is 0.493 e. The zero-order valence-corrected chi connectivity index (χ0v) is 14.9. The molecule has 1 N–H and O–H groups in total. The Kier molecular flexibility index (Phi) is 3.35. The number of methoxy groups -OCH3 is 2. The fourth-order valence-corrected chi connectivity index (χ4v) is 1.92. The monoisotopic (exact) mass is 371 g/mol. The van der Waals surface area contributed by atoms with E-state index in [9.17, 15) is 5.11 Å². The van der Waals surface area contributed by atoms with Crippen molar-refractivity contribution in [3.63, 3.8) is 0 Å². The molecule has 0 saturated carbocycles. The lowest BCUT2D eigenvalue weighted by molar-refractivity contribution is 0.0976. The molecule has 0 spiro atoms. The lowest BCUT2D eigenvalue weighted by Gasteiger charge is -2.13. The third kappa shape index (κ3) is 5.95. The number of benzene rings is 2. The number of ether oxygens (including phenoxy) is 3. The van der Waals surface area contributed by atoms with Crippen LogP contribution in [0.1, 0.15) is 53.7 Å². The molecule has 2 rings (SSSR count). The summed E-state index contributed by atoms with van der Waals surface area (Å²) in [7, 11) is -2.06. The number of hydrogen-bond acceptors (Lipinski definition) is 4. The number of rotatable bonds is 10. The van der Waals surface area contributed by atoms with Crippen LogP contribution in [0, 0.1) is 13.8 Å². The molecule has 0 aromatic heterocycles. The Morgan fingerprint density at radius 1 is 1.12 bits per heavy atom. The zero-order chi connectivity index (χ0) is 30.2. The molecule has 1 unspecified atom stereocenters. The van der Waals surface area contributed by atoms with E-state index in [1.54, 1.807) is 13.8 Å². The molecule has 0 heterocycles. The van der Waals surface area contributed by atoms with Crippen LogP contribution in [-0.2, 0) is 6.37 Å². The minimum absolute atomic E-state index is 0.126. The Balaban J connectivity index is 2.32. The van der Waals surface area contributed by atoms with Crippen LogP contribution in [0.25, 0.3) is 0 Å². The maximum absolute atomic E-state index is 10.4. The van der Waals surface area contributed by atoms with Crippen molar-refractivity contribution in [2.75, 3.05) is 20.8 Å². The summed E-state index contributed by atoms with van der Waals surface area (Å²) in [5, 5.41) is 10.4. The van der Waals surface area contributed by atoms with E-state index in [4.69, 9.17) is 32.0 Å². The minimum Gasteiger partial charge on any atom is -0.493 e. The third-order valence-corrected chi connectivity index (χ3v) is 3.52. The van der Waals surface area contributed by atoms with E-state index in [0.29, 0.717) is 11.1 Å². The molecule has 2 aromatic rings. The van der Waals surface area contributed by atoms with Crippen LogP contribution in [-0.4, -0.2) is 32.0 Å².